The van der Waals surface area contributed by atoms with Crippen molar-refractivity contribution in [1.82, 2.24) is 0 Å². The van der Waals surface area contributed by atoms with Crippen molar-refractivity contribution in [3.63, 3.8) is 0 Å². The van der Waals surface area contributed by atoms with Crippen molar-refractivity contribution in [3.8, 4) is 5.75 Å². The van der Waals surface area contributed by atoms with Crippen LogP contribution in [-0.4, -0.2) is 21.6 Å². The van der Waals surface area contributed by atoms with Crippen molar-refractivity contribution < 1.29 is 13.2 Å². The van der Waals surface area contributed by atoms with Gasteiger partial charge in [0.2, 0.25) is 10.0 Å². The summed E-state index contributed by atoms with van der Waals surface area (Å²) in [6.07, 6.45) is 4.61. The van der Waals surface area contributed by atoms with Crippen molar-refractivity contribution in [2.24, 2.45) is 22.7 Å². The highest BCUT2D eigenvalue weighted by Gasteiger charge is 2.25. The molecule has 2 rings (SSSR count). The second kappa shape index (κ2) is 6.56. The van der Waals surface area contributed by atoms with Crippen LogP contribution in [0.3, 0.4) is 0 Å². The molecule has 5 nitrogen and oxygen atoms in total. The topological polar surface area (TPSA) is 95.4 Å². The van der Waals surface area contributed by atoms with Crippen LogP contribution in [0.25, 0.3) is 0 Å². The summed E-state index contributed by atoms with van der Waals surface area (Å²) < 4.78 is 28.7. The van der Waals surface area contributed by atoms with Crippen LogP contribution in [0.5, 0.6) is 5.75 Å². The molecule has 2 atom stereocenters. The maximum Gasteiger partial charge on any atom is 0.241 e. The van der Waals surface area contributed by atoms with Gasteiger partial charge in [-0.05, 0) is 43.4 Å². The van der Waals surface area contributed by atoms with Gasteiger partial charge in [0, 0.05) is 0 Å². The maximum atomic E-state index is 11.5. The van der Waals surface area contributed by atoms with Crippen molar-refractivity contribution in [2.45, 2.75) is 30.6 Å². The van der Waals surface area contributed by atoms with E-state index in [-0.39, 0.29) is 4.90 Å². The molecule has 0 bridgehead atoms. The molecule has 20 heavy (non-hydrogen) atoms. The van der Waals surface area contributed by atoms with Crippen LogP contribution in [0, 0.1) is 11.8 Å². The summed E-state index contributed by atoms with van der Waals surface area (Å²) in [5.41, 5.74) is 5.79. The highest BCUT2D eigenvalue weighted by molar-refractivity contribution is 7.89. The van der Waals surface area contributed by atoms with Crippen molar-refractivity contribution in [2.75, 3.05) is 13.2 Å². The largest absolute Gasteiger partial charge is 0.492 e. The Labute approximate surface area is 120 Å². The third-order valence-corrected chi connectivity index (χ3v) is 4.93. The smallest absolute Gasteiger partial charge is 0.241 e. The Balaban J connectivity index is 2.07. The molecule has 0 radical (unpaired) electrons. The van der Waals surface area contributed by atoms with Gasteiger partial charge in [0.15, 0.2) is 0 Å². The van der Waals surface area contributed by atoms with E-state index in [0.29, 0.717) is 30.7 Å². The molecule has 1 aliphatic carbocycles. The van der Waals surface area contributed by atoms with Gasteiger partial charge in [-0.15, -0.1) is 0 Å². The van der Waals surface area contributed by atoms with Gasteiger partial charge in [0.1, 0.15) is 10.6 Å². The Morgan fingerprint density at radius 2 is 1.80 bits per heavy atom. The Morgan fingerprint density at radius 3 is 2.45 bits per heavy atom. The quantitative estimate of drug-likeness (QED) is 0.860. The first-order chi connectivity index (χ1) is 9.52. The fraction of sp³-hybridized carbons (Fsp3) is 0.571. The van der Waals surface area contributed by atoms with Crippen LogP contribution in [0.4, 0.5) is 0 Å². The molecule has 1 fully saturated rings. The Kier molecular flexibility index (Phi) is 5.01. The number of ether oxygens (including phenoxy) is 1. The van der Waals surface area contributed by atoms with Crippen LogP contribution in [0.2, 0.25) is 0 Å². The molecule has 4 N–H and O–H groups in total. The molecule has 0 saturated heterocycles. The molecule has 112 valence electrons. The zero-order valence-electron chi connectivity index (χ0n) is 11.5. The number of rotatable bonds is 5. The maximum absolute atomic E-state index is 11.5. The zero-order chi connectivity index (χ0) is 14.6. The second-order valence-electron chi connectivity index (χ2n) is 5.34. The van der Waals surface area contributed by atoms with E-state index in [9.17, 15) is 8.42 Å². The first kappa shape index (κ1) is 15.3. The molecule has 0 aromatic heterocycles. The first-order valence-electron chi connectivity index (χ1n) is 6.97. The molecule has 0 heterocycles. The molecule has 1 aromatic carbocycles. The highest BCUT2D eigenvalue weighted by Crippen LogP contribution is 2.31. The van der Waals surface area contributed by atoms with Crippen molar-refractivity contribution >= 4 is 10.0 Å². The molecule has 0 spiro atoms. The van der Waals surface area contributed by atoms with Gasteiger partial charge < -0.3 is 10.5 Å². The molecule has 6 heteroatoms. The number of nitrogens with two attached hydrogens (primary N) is 2. The number of sulfonamides is 1. The summed E-state index contributed by atoms with van der Waals surface area (Å²) in [5.74, 6) is 1.18. The van der Waals surface area contributed by atoms with Gasteiger partial charge in [-0.2, -0.15) is 0 Å². The monoisotopic (exact) mass is 298 g/mol. The van der Waals surface area contributed by atoms with Crippen LogP contribution in [-0.2, 0) is 10.0 Å². The molecule has 1 aliphatic rings. The molecule has 0 aliphatic heterocycles. The number of hydrogen-bond acceptors (Lipinski definition) is 4. The number of hydrogen-bond donors (Lipinski definition) is 2. The van der Waals surface area contributed by atoms with Gasteiger partial charge in [-0.1, -0.05) is 25.0 Å². The third kappa shape index (κ3) is 3.71. The number of benzene rings is 1. The van der Waals surface area contributed by atoms with Gasteiger partial charge in [-0.3, -0.25) is 0 Å². The van der Waals surface area contributed by atoms with Crippen LogP contribution in [0.15, 0.2) is 29.2 Å². The Hall–Kier alpha value is -1.11. The summed E-state index contributed by atoms with van der Waals surface area (Å²) in [7, 11) is -3.76. The predicted molar refractivity (Wildman–Crippen MR) is 77.8 cm³/mol. The zero-order valence-corrected chi connectivity index (χ0v) is 12.3. The minimum Gasteiger partial charge on any atom is -0.492 e. The van der Waals surface area contributed by atoms with E-state index >= 15 is 0 Å². The summed E-state index contributed by atoms with van der Waals surface area (Å²) in [5, 5.41) is 5.19. The van der Waals surface area contributed by atoms with Crippen molar-refractivity contribution in [3.05, 3.63) is 24.3 Å². The minimum absolute atomic E-state index is 0.0418. The number of primary sulfonamides is 1. The van der Waals surface area contributed by atoms with E-state index in [1.807, 2.05) is 0 Å². The Morgan fingerprint density at radius 1 is 1.15 bits per heavy atom. The molecule has 2 unspecified atom stereocenters. The van der Waals surface area contributed by atoms with Crippen LogP contribution >= 0.6 is 0 Å². The fourth-order valence-corrected chi connectivity index (χ4v) is 3.49. The highest BCUT2D eigenvalue weighted by atomic mass is 32.2. The van der Waals surface area contributed by atoms with E-state index in [4.69, 9.17) is 15.6 Å². The van der Waals surface area contributed by atoms with Gasteiger partial charge >= 0.3 is 0 Å². The summed E-state index contributed by atoms with van der Waals surface area (Å²) >= 11 is 0. The standard InChI is InChI=1S/C14H22N2O3S/c15-9-11-5-1-2-6-12(11)10-19-13-7-3-4-8-14(13)20(16,17)18/h3-4,7-8,11-12H,1-2,5-6,9-10,15H2,(H2,16,17,18). The summed E-state index contributed by atoms with van der Waals surface area (Å²) in [6, 6.07) is 6.48. The average Bonchev–Trinajstić information content (AvgIpc) is 2.44. The summed E-state index contributed by atoms with van der Waals surface area (Å²) in [6.45, 7) is 1.15. The lowest BCUT2D eigenvalue weighted by Crippen LogP contribution is -2.31. The lowest BCUT2D eigenvalue weighted by Gasteiger charge is -2.30. The third-order valence-electron chi connectivity index (χ3n) is 3.98. The fourth-order valence-electron chi connectivity index (χ4n) is 2.82. The number of para-hydroxylation sites is 1. The van der Waals surface area contributed by atoms with Gasteiger partial charge in [0.05, 0.1) is 6.61 Å². The van der Waals surface area contributed by atoms with E-state index in [2.05, 4.69) is 0 Å². The normalized spacial score (nSPS) is 23.5. The SMILES string of the molecule is NCC1CCCCC1COc1ccccc1S(N)(=O)=O. The van der Waals surface area contributed by atoms with Crippen LogP contribution in [0.1, 0.15) is 25.7 Å². The van der Waals surface area contributed by atoms with E-state index < -0.39 is 10.0 Å². The lowest BCUT2D eigenvalue weighted by atomic mass is 9.80. The van der Waals surface area contributed by atoms with Crippen LogP contribution < -0.4 is 15.6 Å². The molecular formula is C14H22N2O3S. The first-order valence-corrected chi connectivity index (χ1v) is 8.51. The van der Waals surface area contributed by atoms with E-state index in [1.165, 1.54) is 18.9 Å². The minimum atomic E-state index is -3.76. The predicted octanol–water partition coefficient (Wildman–Crippen LogP) is 1.48. The molecule has 1 aromatic rings. The summed E-state index contributed by atoms with van der Waals surface area (Å²) in [4.78, 5) is 0.0418. The van der Waals surface area contributed by atoms with Gasteiger partial charge in [-0.25, -0.2) is 13.6 Å². The molecular weight excluding hydrogens is 276 g/mol. The lowest BCUT2D eigenvalue weighted by molar-refractivity contribution is 0.151. The van der Waals surface area contributed by atoms with E-state index in [0.717, 1.165) is 12.8 Å². The second-order valence-corrected chi connectivity index (χ2v) is 6.87. The average molecular weight is 298 g/mol. The molecule has 1 saturated carbocycles. The van der Waals surface area contributed by atoms with E-state index in [1.54, 1.807) is 18.2 Å². The molecule has 0 amide bonds. The van der Waals surface area contributed by atoms with Crippen molar-refractivity contribution in [1.29, 1.82) is 0 Å². The Bertz CT molecular complexity index is 545. The van der Waals surface area contributed by atoms with Gasteiger partial charge in [0.25, 0.3) is 0 Å².